The number of nitrogens with zero attached hydrogens (tertiary/aromatic N) is 1. The lowest BCUT2D eigenvalue weighted by atomic mass is 10.1. The van der Waals surface area contributed by atoms with Crippen LogP contribution in [-0.2, 0) is 18.0 Å². The second-order valence-corrected chi connectivity index (χ2v) is 7.38. The number of benzene rings is 2. The van der Waals surface area contributed by atoms with Crippen LogP contribution in [0.1, 0.15) is 46.3 Å². The van der Waals surface area contributed by atoms with Gasteiger partial charge in [0.25, 0.3) is 5.91 Å². The van der Waals surface area contributed by atoms with Crippen LogP contribution in [-0.4, -0.2) is 10.9 Å². The summed E-state index contributed by atoms with van der Waals surface area (Å²) in [6.45, 7) is 5.49. The summed E-state index contributed by atoms with van der Waals surface area (Å²) < 4.78 is 6.50. The Kier molecular flexibility index (Phi) is 3.82. The van der Waals surface area contributed by atoms with Crippen molar-refractivity contribution in [2.45, 2.75) is 33.0 Å². The van der Waals surface area contributed by atoms with Crippen molar-refractivity contribution in [1.29, 1.82) is 0 Å². The number of hydrogen-bond donors (Lipinski definition) is 1. The molecule has 5 heteroatoms. The number of carbonyl (C=O) groups excluding carboxylic acids is 1. The van der Waals surface area contributed by atoms with E-state index in [2.05, 4.69) is 24.1 Å². The number of rotatable bonds is 3. The Balaban J connectivity index is 1.58. The van der Waals surface area contributed by atoms with E-state index in [1.807, 2.05) is 36.4 Å². The topological polar surface area (TPSA) is 51.2 Å². The standard InChI is InChI=1S/C19H18N2O2S/c1-11(2)19-21-16-6-5-15(8-17(16)24-19)20-18(22)12-3-4-13-9-23-10-14(13)7-12/h3-8,11H,9-10H2,1-2H3,(H,20,22). The van der Waals surface area contributed by atoms with Crippen LogP contribution in [0, 0.1) is 0 Å². The molecule has 0 saturated heterocycles. The number of thiazole rings is 1. The van der Waals surface area contributed by atoms with Gasteiger partial charge in [-0.15, -0.1) is 11.3 Å². The van der Waals surface area contributed by atoms with E-state index in [0.717, 1.165) is 26.5 Å². The lowest BCUT2D eigenvalue weighted by Gasteiger charge is -2.06. The maximum absolute atomic E-state index is 12.5. The Morgan fingerprint density at radius 3 is 2.83 bits per heavy atom. The third-order valence-corrected chi connectivity index (χ3v) is 5.46. The van der Waals surface area contributed by atoms with Gasteiger partial charge in [-0.2, -0.15) is 0 Å². The van der Waals surface area contributed by atoms with Crippen LogP contribution < -0.4 is 5.32 Å². The van der Waals surface area contributed by atoms with Gasteiger partial charge in [-0.3, -0.25) is 4.79 Å². The minimum atomic E-state index is -0.0994. The average Bonchev–Trinajstić information content (AvgIpc) is 3.20. The number of nitrogens with one attached hydrogen (secondary N) is 1. The maximum Gasteiger partial charge on any atom is 0.255 e. The first kappa shape index (κ1) is 15.3. The summed E-state index contributed by atoms with van der Waals surface area (Å²) in [6, 6.07) is 11.6. The SMILES string of the molecule is CC(C)c1nc2ccc(NC(=O)c3ccc4c(c3)COC4)cc2s1. The lowest BCUT2D eigenvalue weighted by molar-refractivity contribution is 0.102. The lowest BCUT2D eigenvalue weighted by Crippen LogP contribution is -2.12. The van der Waals surface area contributed by atoms with Gasteiger partial charge in [-0.05, 0) is 41.5 Å². The van der Waals surface area contributed by atoms with E-state index in [1.54, 1.807) is 11.3 Å². The van der Waals surface area contributed by atoms with Crippen LogP contribution in [0.2, 0.25) is 0 Å². The molecule has 0 fully saturated rings. The van der Waals surface area contributed by atoms with Crippen molar-refractivity contribution in [1.82, 2.24) is 4.98 Å². The second kappa shape index (κ2) is 6.00. The van der Waals surface area contributed by atoms with E-state index in [4.69, 9.17) is 4.74 Å². The van der Waals surface area contributed by atoms with E-state index in [-0.39, 0.29) is 5.91 Å². The Hall–Kier alpha value is -2.24. The van der Waals surface area contributed by atoms with Crippen molar-refractivity contribution < 1.29 is 9.53 Å². The molecular weight excluding hydrogens is 320 g/mol. The predicted octanol–water partition coefficient (Wildman–Crippen LogP) is 4.70. The van der Waals surface area contributed by atoms with Gasteiger partial charge in [-0.1, -0.05) is 19.9 Å². The number of anilines is 1. The summed E-state index contributed by atoms with van der Waals surface area (Å²) in [5.41, 5.74) is 4.70. The zero-order valence-corrected chi connectivity index (χ0v) is 14.4. The van der Waals surface area contributed by atoms with Crippen LogP contribution in [0.25, 0.3) is 10.2 Å². The fourth-order valence-electron chi connectivity index (χ4n) is 2.78. The molecule has 0 aliphatic carbocycles. The predicted molar refractivity (Wildman–Crippen MR) is 96.6 cm³/mol. The third kappa shape index (κ3) is 2.81. The largest absolute Gasteiger partial charge is 0.372 e. The minimum absolute atomic E-state index is 0.0994. The second-order valence-electron chi connectivity index (χ2n) is 6.32. The molecule has 0 saturated carbocycles. The molecule has 24 heavy (non-hydrogen) atoms. The molecule has 1 amide bonds. The maximum atomic E-state index is 12.5. The highest BCUT2D eigenvalue weighted by Gasteiger charge is 2.15. The average molecular weight is 338 g/mol. The third-order valence-electron chi connectivity index (χ3n) is 4.14. The van der Waals surface area contributed by atoms with Crippen LogP contribution in [0.3, 0.4) is 0 Å². The smallest absolute Gasteiger partial charge is 0.255 e. The van der Waals surface area contributed by atoms with Gasteiger partial charge in [-0.25, -0.2) is 4.98 Å². The first-order valence-electron chi connectivity index (χ1n) is 8.01. The van der Waals surface area contributed by atoms with E-state index < -0.39 is 0 Å². The summed E-state index contributed by atoms with van der Waals surface area (Å²) in [7, 11) is 0. The van der Waals surface area contributed by atoms with Gasteiger partial charge in [0.05, 0.1) is 28.4 Å². The molecule has 0 bridgehead atoms. The molecule has 2 heterocycles. The molecule has 1 aliphatic rings. The molecule has 3 aromatic rings. The zero-order valence-electron chi connectivity index (χ0n) is 13.6. The quantitative estimate of drug-likeness (QED) is 0.753. The van der Waals surface area contributed by atoms with Gasteiger partial charge in [0, 0.05) is 17.2 Å². The van der Waals surface area contributed by atoms with Crippen LogP contribution in [0.4, 0.5) is 5.69 Å². The molecule has 0 spiro atoms. The van der Waals surface area contributed by atoms with Gasteiger partial charge in [0.1, 0.15) is 0 Å². The molecule has 0 unspecified atom stereocenters. The van der Waals surface area contributed by atoms with Crippen LogP contribution >= 0.6 is 11.3 Å². The van der Waals surface area contributed by atoms with E-state index in [9.17, 15) is 4.79 Å². The summed E-state index contributed by atoms with van der Waals surface area (Å²) in [4.78, 5) is 17.1. The summed E-state index contributed by atoms with van der Waals surface area (Å²) in [6.07, 6.45) is 0. The van der Waals surface area contributed by atoms with E-state index in [1.165, 1.54) is 5.56 Å². The molecule has 1 aromatic heterocycles. The van der Waals surface area contributed by atoms with Gasteiger partial charge >= 0.3 is 0 Å². The van der Waals surface area contributed by atoms with Gasteiger partial charge in [0.15, 0.2) is 0 Å². The fourth-order valence-corrected chi connectivity index (χ4v) is 3.79. The summed E-state index contributed by atoms with van der Waals surface area (Å²) in [5, 5.41) is 4.10. The van der Waals surface area contributed by atoms with Crippen molar-refractivity contribution in [3.05, 3.63) is 58.1 Å². The molecule has 0 atom stereocenters. The molecule has 4 nitrogen and oxygen atoms in total. The van der Waals surface area contributed by atoms with Gasteiger partial charge in [0.2, 0.25) is 0 Å². The van der Waals surface area contributed by atoms with Crippen molar-refractivity contribution in [3.63, 3.8) is 0 Å². The highest BCUT2D eigenvalue weighted by Crippen LogP contribution is 2.29. The Labute approximate surface area is 144 Å². The molecule has 0 radical (unpaired) electrons. The molecule has 1 aliphatic heterocycles. The summed E-state index contributed by atoms with van der Waals surface area (Å²) in [5.74, 6) is 0.312. The van der Waals surface area contributed by atoms with E-state index in [0.29, 0.717) is 24.7 Å². The molecule has 1 N–H and O–H groups in total. The molecule has 122 valence electrons. The Bertz CT molecular complexity index is 930. The van der Waals surface area contributed by atoms with Crippen molar-refractivity contribution in [2.24, 2.45) is 0 Å². The monoisotopic (exact) mass is 338 g/mol. The van der Waals surface area contributed by atoms with Crippen LogP contribution in [0.15, 0.2) is 36.4 Å². The Morgan fingerprint density at radius 2 is 2.00 bits per heavy atom. The van der Waals surface area contributed by atoms with Crippen molar-refractivity contribution in [3.8, 4) is 0 Å². The number of hydrogen-bond acceptors (Lipinski definition) is 4. The van der Waals surface area contributed by atoms with Crippen molar-refractivity contribution >= 4 is 33.1 Å². The normalized spacial score (nSPS) is 13.5. The molecule has 4 rings (SSSR count). The Morgan fingerprint density at radius 1 is 1.17 bits per heavy atom. The zero-order chi connectivity index (χ0) is 16.7. The number of aromatic nitrogens is 1. The number of carbonyl (C=O) groups is 1. The fraction of sp³-hybridized carbons (Fsp3) is 0.263. The number of ether oxygens (including phenoxy) is 1. The highest BCUT2D eigenvalue weighted by molar-refractivity contribution is 7.18. The number of amides is 1. The van der Waals surface area contributed by atoms with Gasteiger partial charge < -0.3 is 10.1 Å². The number of fused-ring (bicyclic) bond motifs is 2. The first-order valence-corrected chi connectivity index (χ1v) is 8.83. The molecular formula is C19H18N2O2S. The first-order chi connectivity index (χ1) is 11.6. The van der Waals surface area contributed by atoms with Crippen molar-refractivity contribution in [2.75, 3.05) is 5.32 Å². The summed E-state index contributed by atoms with van der Waals surface area (Å²) >= 11 is 1.68. The van der Waals surface area contributed by atoms with Crippen LogP contribution in [0.5, 0.6) is 0 Å². The molecule has 2 aromatic carbocycles. The minimum Gasteiger partial charge on any atom is -0.372 e. The van der Waals surface area contributed by atoms with E-state index >= 15 is 0 Å². The highest BCUT2D eigenvalue weighted by atomic mass is 32.1.